The van der Waals surface area contributed by atoms with Crippen LogP contribution < -0.4 is 5.32 Å². The number of hydrogen-bond donors (Lipinski definition) is 1. The highest BCUT2D eigenvalue weighted by Crippen LogP contribution is 2.21. The first-order chi connectivity index (χ1) is 8.22. The van der Waals surface area contributed by atoms with E-state index < -0.39 is 0 Å². The number of hydrogen-bond acceptors (Lipinski definition) is 3. The minimum Gasteiger partial charge on any atom is -0.314 e. The number of nitrogens with zero attached hydrogens (tertiary/aromatic N) is 1. The number of rotatable bonds is 4. The van der Waals surface area contributed by atoms with E-state index in [1.54, 1.807) is 6.07 Å². The molecule has 1 N–H and O–H groups in total. The lowest BCUT2D eigenvalue weighted by molar-refractivity contribution is 0.249. The van der Waals surface area contributed by atoms with Crippen molar-refractivity contribution in [1.29, 1.82) is 0 Å². The monoisotopic (exact) mass is 254 g/mol. The van der Waals surface area contributed by atoms with Crippen LogP contribution in [0.5, 0.6) is 0 Å². The maximum absolute atomic E-state index is 13.6. The molecule has 0 saturated carbocycles. The Kier molecular flexibility index (Phi) is 4.42. The summed E-state index contributed by atoms with van der Waals surface area (Å²) < 4.78 is 13.6. The quantitative estimate of drug-likeness (QED) is 0.884. The predicted molar refractivity (Wildman–Crippen MR) is 71.8 cm³/mol. The van der Waals surface area contributed by atoms with E-state index in [0.29, 0.717) is 17.8 Å². The van der Waals surface area contributed by atoms with Gasteiger partial charge in [-0.15, -0.1) is 0 Å². The number of benzene rings is 1. The molecule has 0 amide bonds. The lowest BCUT2D eigenvalue weighted by Crippen LogP contribution is -2.39. The van der Waals surface area contributed by atoms with Gasteiger partial charge in [0.15, 0.2) is 0 Å². The Hall–Kier alpha value is -0.580. The Balaban J connectivity index is 2.01. The van der Waals surface area contributed by atoms with Gasteiger partial charge in [-0.25, -0.2) is 4.39 Å². The smallest absolute Gasteiger partial charge is 0.127 e. The van der Waals surface area contributed by atoms with Gasteiger partial charge in [-0.05, 0) is 19.4 Å². The summed E-state index contributed by atoms with van der Waals surface area (Å²) in [6.45, 7) is 2.72. The normalized spacial score (nSPS) is 24.5. The first kappa shape index (κ1) is 12.9. The largest absolute Gasteiger partial charge is 0.314 e. The molecule has 1 aliphatic heterocycles. The van der Waals surface area contributed by atoms with Gasteiger partial charge in [0.2, 0.25) is 0 Å². The lowest BCUT2D eigenvalue weighted by atomic mass is 10.1. The van der Waals surface area contributed by atoms with Crippen LogP contribution in [0.4, 0.5) is 4.39 Å². The zero-order chi connectivity index (χ0) is 12.3. The molecule has 1 saturated heterocycles. The third-order valence-electron chi connectivity index (χ3n) is 3.37. The van der Waals surface area contributed by atoms with Gasteiger partial charge < -0.3 is 5.32 Å². The maximum atomic E-state index is 13.6. The molecule has 1 aromatic carbocycles. The number of halogens is 1. The molecule has 94 valence electrons. The molecule has 4 heteroatoms. The molecule has 0 radical (unpaired) electrons. The standard InChI is InChI=1S/C13H19FN2S/c1-16(12-7-15-8-13(12)17-2)9-10-5-3-4-6-11(10)14/h3-6,12-13,15H,7-9H2,1-2H3. The van der Waals surface area contributed by atoms with E-state index >= 15 is 0 Å². The van der Waals surface area contributed by atoms with E-state index in [4.69, 9.17) is 0 Å². The van der Waals surface area contributed by atoms with Crippen molar-refractivity contribution in [2.24, 2.45) is 0 Å². The molecule has 0 spiro atoms. The third kappa shape index (κ3) is 3.00. The van der Waals surface area contributed by atoms with Gasteiger partial charge in [-0.3, -0.25) is 4.90 Å². The molecule has 2 nitrogen and oxygen atoms in total. The fourth-order valence-corrected chi connectivity index (χ4v) is 3.24. The molecule has 2 rings (SSSR count). The van der Waals surface area contributed by atoms with Crippen molar-refractivity contribution in [1.82, 2.24) is 10.2 Å². The van der Waals surface area contributed by atoms with Crippen LogP contribution in [0.1, 0.15) is 5.56 Å². The van der Waals surface area contributed by atoms with E-state index in [0.717, 1.165) is 18.7 Å². The topological polar surface area (TPSA) is 15.3 Å². The van der Waals surface area contributed by atoms with Crippen LogP contribution in [0.25, 0.3) is 0 Å². The molecular weight excluding hydrogens is 235 g/mol. The van der Waals surface area contributed by atoms with Crippen LogP contribution in [0.2, 0.25) is 0 Å². The first-order valence-electron chi connectivity index (χ1n) is 5.89. The minimum atomic E-state index is -0.106. The van der Waals surface area contributed by atoms with Gasteiger partial charge in [-0.1, -0.05) is 18.2 Å². The zero-order valence-electron chi connectivity index (χ0n) is 10.3. The Morgan fingerprint density at radius 1 is 1.41 bits per heavy atom. The Bertz CT molecular complexity index is 372. The summed E-state index contributed by atoms with van der Waals surface area (Å²) in [5.74, 6) is -0.106. The fourth-order valence-electron chi connectivity index (χ4n) is 2.33. The van der Waals surface area contributed by atoms with Crippen molar-refractivity contribution >= 4 is 11.8 Å². The van der Waals surface area contributed by atoms with E-state index in [9.17, 15) is 4.39 Å². The number of likely N-dealkylation sites (N-methyl/N-ethyl adjacent to an activating group) is 1. The summed E-state index contributed by atoms with van der Waals surface area (Å²) in [6, 6.07) is 7.51. The summed E-state index contributed by atoms with van der Waals surface area (Å²) in [5, 5.41) is 4.00. The highest BCUT2D eigenvalue weighted by atomic mass is 32.2. The van der Waals surface area contributed by atoms with Gasteiger partial charge in [-0.2, -0.15) is 11.8 Å². The summed E-state index contributed by atoms with van der Waals surface area (Å²) in [5.41, 5.74) is 0.779. The third-order valence-corrected chi connectivity index (χ3v) is 4.46. The van der Waals surface area contributed by atoms with Gasteiger partial charge in [0.1, 0.15) is 5.82 Å². The molecule has 0 aliphatic carbocycles. The second-order valence-electron chi connectivity index (χ2n) is 4.51. The first-order valence-corrected chi connectivity index (χ1v) is 7.18. The molecule has 2 atom stereocenters. The molecule has 1 aromatic rings. The second kappa shape index (κ2) is 5.85. The Morgan fingerprint density at radius 3 is 2.88 bits per heavy atom. The molecule has 0 aromatic heterocycles. The fraction of sp³-hybridized carbons (Fsp3) is 0.538. The average molecular weight is 254 g/mol. The SMILES string of the molecule is CSC1CNCC1N(C)Cc1ccccc1F. The van der Waals surface area contributed by atoms with Crippen LogP contribution in [-0.4, -0.2) is 42.6 Å². The van der Waals surface area contributed by atoms with E-state index in [1.165, 1.54) is 6.07 Å². The highest BCUT2D eigenvalue weighted by molar-refractivity contribution is 7.99. The van der Waals surface area contributed by atoms with Crippen LogP contribution >= 0.6 is 11.8 Å². The Labute approximate surface area is 107 Å². The molecule has 17 heavy (non-hydrogen) atoms. The summed E-state index contributed by atoms with van der Waals surface area (Å²) in [6.07, 6.45) is 2.14. The zero-order valence-corrected chi connectivity index (χ0v) is 11.1. The van der Waals surface area contributed by atoms with Crippen LogP contribution in [0.15, 0.2) is 24.3 Å². The maximum Gasteiger partial charge on any atom is 0.127 e. The van der Waals surface area contributed by atoms with Gasteiger partial charge in [0.25, 0.3) is 0 Å². The predicted octanol–water partition coefficient (Wildman–Crippen LogP) is 1.96. The van der Waals surface area contributed by atoms with Crippen molar-refractivity contribution in [3.05, 3.63) is 35.6 Å². The number of nitrogens with one attached hydrogen (secondary N) is 1. The minimum absolute atomic E-state index is 0.106. The van der Waals surface area contributed by atoms with Gasteiger partial charge in [0, 0.05) is 36.5 Å². The van der Waals surface area contributed by atoms with Crippen molar-refractivity contribution in [2.45, 2.75) is 17.8 Å². The van der Waals surface area contributed by atoms with Crippen molar-refractivity contribution in [2.75, 3.05) is 26.4 Å². The van der Waals surface area contributed by atoms with Crippen molar-refractivity contribution in [3.8, 4) is 0 Å². The van der Waals surface area contributed by atoms with E-state index in [-0.39, 0.29) is 5.82 Å². The van der Waals surface area contributed by atoms with Crippen molar-refractivity contribution in [3.63, 3.8) is 0 Å². The van der Waals surface area contributed by atoms with Gasteiger partial charge >= 0.3 is 0 Å². The highest BCUT2D eigenvalue weighted by Gasteiger charge is 2.29. The molecular formula is C13H19FN2S. The molecule has 1 heterocycles. The average Bonchev–Trinajstić information content (AvgIpc) is 2.80. The van der Waals surface area contributed by atoms with E-state index in [2.05, 4.69) is 23.5 Å². The van der Waals surface area contributed by atoms with Gasteiger partial charge in [0.05, 0.1) is 0 Å². The second-order valence-corrected chi connectivity index (χ2v) is 5.58. The van der Waals surface area contributed by atoms with Crippen molar-refractivity contribution < 1.29 is 4.39 Å². The number of thioether (sulfide) groups is 1. The molecule has 1 aliphatic rings. The summed E-state index contributed by atoms with van der Waals surface area (Å²) in [4.78, 5) is 2.25. The van der Waals surface area contributed by atoms with Crippen LogP contribution in [-0.2, 0) is 6.54 Å². The van der Waals surface area contributed by atoms with Crippen LogP contribution in [0.3, 0.4) is 0 Å². The molecule has 1 fully saturated rings. The molecule has 0 bridgehead atoms. The summed E-state index contributed by atoms with van der Waals surface area (Å²) >= 11 is 1.89. The molecule has 2 unspecified atom stereocenters. The Morgan fingerprint density at radius 2 is 2.18 bits per heavy atom. The van der Waals surface area contributed by atoms with E-state index in [1.807, 2.05) is 23.9 Å². The summed E-state index contributed by atoms with van der Waals surface area (Å²) in [7, 11) is 2.08. The van der Waals surface area contributed by atoms with Crippen LogP contribution in [0, 0.1) is 5.82 Å². The lowest BCUT2D eigenvalue weighted by Gasteiger charge is -2.28.